The van der Waals surface area contributed by atoms with Crippen LogP contribution in [0.15, 0.2) is 6.20 Å². The number of aromatic nitrogens is 1. The van der Waals surface area contributed by atoms with Gasteiger partial charge in [-0.25, -0.2) is 4.98 Å². The van der Waals surface area contributed by atoms with Crippen LogP contribution in [-0.2, 0) is 11.0 Å². The van der Waals surface area contributed by atoms with Gasteiger partial charge >= 0.3 is 0 Å². The fourth-order valence-electron chi connectivity index (χ4n) is 0.927. The number of rotatable bonds is 3. The molecule has 2 nitrogen and oxygen atoms in total. The third kappa shape index (κ3) is 3.40. The topological polar surface area (TPSA) is 22.1 Å². The minimum Gasteiger partial charge on any atom is -0.410 e. The molecule has 0 saturated heterocycles. The van der Waals surface area contributed by atoms with Crippen LogP contribution in [0.1, 0.15) is 30.7 Å². The maximum absolute atomic E-state index is 6.08. The van der Waals surface area contributed by atoms with Gasteiger partial charge < -0.3 is 4.43 Å². The zero-order valence-electron chi connectivity index (χ0n) is 10.5. The second-order valence-electron chi connectivity index (χ2n) is 5.41. The van der Waals surface area contributed by atoms with E-state index in [4.69, 9.17) is 4.43 Å². The molecular weight excluding hydrogens is 222 g/mol. The van der Waals surface area contributed by atoms with Crippen LogP contribution in [0.4, 0.5) is 0 Å². The first-order chi connectivity index (χ1) is 6.72. The van der Waals surface area contributed by atoms with Gasteiger partial charge in [0.05, 0.1) is 6.61 Å². The Bertz CT molecular complexity index is 328. The Morgan fingerprint density at radius 1 is 1.40 bits per heavy atom. The van der Waals surface area contributed by atoms with Crippen LogP contribution in [0, 0.1) is 6.92 Å². The van der Waals surface area contributed by atoms with Crippen molar-refractivity contribution in [1.29, 1.82) is 0 Å². The average molecular weight is 243 g/mol. The van der Waals surface area contributed by atoms with E-state index in [9.17, 15) is 0 Å². The smallest absolute Gasteiger partial charge is 0.192 e. The summed E-state index contributed by atoms with van der Waals surface area (Å²) in [6.45, 7) is 14.1. The zero-order valence-corrected chi connectivity index (χ0v) is 12.4. The van der Waals surface area contributed by atoms with E-state index in [-0.39, 0.29) is 5.04 Å². The summed E-state index contributed by atoms with van der Waals surface area (Å²) in [6, 6.07) is 0. The van der Waals surface area contributed by atoms with Gasteiger partial charge in [0, 0.05) is 11.1 Å². The molecule has 0 N–H and O–H groups in total. The molecule has 0 unspecified atom stereocenters. The van der Waals surface area contributed by atoms with Crippen molar-refractivity contribution in [2.24, 2.45) is 0 Å². The van der Waals surface area contributed by atoms with Crippen LogP contribution >= 0.6 is 11.3 Å². The Morgan fingerprint density at radius 3 is 2.40 bits per heavy atom. The van der Waals surface area contributed by atoms with Gasteiger partial charge in [-0.05, 0) is 25.1 Å². The lowest BCUT2D eigenvalue weighted by molar-refractivity contribution is 0.276. The molecule has 0 amide bonds. The fourth-order valence-corrected chi connectivity index (χ4v) is 2.66. The number of nitrogens with zero attached hydrogens (tertiary/aromatic N) is 1. The quantitative estimate of drug-likeness (QED) is 0.749. The molecule has 1 rings (SSSR count). The molecule has 15 heavy (non-hydrogen) atoms. The van der Waals surface area contributed by atoms with Crippen LogP contribution < -0.4 is 0 Å². The summed E-state index contributed by atoms with van der Waals surface area (Å²) in [4.78, 5) is 5.57. The molecule has 1 heterocycles. The highest BCUT2D eigenvalue weighted by Gasteiger charge is 2.37. The SMILES string of the molecule is Cc1cnc(CO[Si](C)(C)C(C)(C)C)s1. The minimum absolute atomic E-state index is 0.277. The van der Waals surface area contributed by atoms with E-state index in [0.717, 1.165) is 5.01 Å². The van der Waals surface area contributed by atoms with Gasteiger partial charge in [0.1, 0.15) is 5.01 Å². The maximum Gasteiger partial charge on any atom is 0.192 e. The molecule has 0 bridgehead atoms. The van der Waals surface area contributed by atoms with Gasteiger partial charge in [0.15, 0.2) is 8.32 Å². The highest BCUT2D eigenvalue weighted by atomic mass is 32.1. The van der Waals surface area contributed by atoms with Crippen LogP contribution in [0.2, 0.25) is 18.1 Å². The molecule has 0 aliphatic carbocycles. The monoisotopic (exact) mass is 243 g/mol. The minimum atomic E-state index is -1.61. The molecule has 1 aromatic heterocycles. The maximum atomic E-state index is 6.08. The van der Waals surface area contributed by atoms with Crippen LogP contribution in [-0.4, -0.2) is 13.3 Å². The molecule has 0 radical (unpaired) electrons. The first kappa shape index (κ1) is 12.9. The van der Waals surface area contributed by atoms with Crippen LogP contribution in [0.3, 0.4) is 0 Å². The number of aryl methyl sites for hydroxylation is 1. The van der Waals surface area contributed by atoms with E-state index in [1.54, 1.807) is 11.3 Å². The lowest BCUT2D eigenvalue weighted by Gasteiger charge is -2.35. The molecule has 86 valence electrons. The Balaban J connectivity index is 2.57. The molecular formula is C11H21NOSSi. The molecule has 0 saturated carbocycles. The molecule has 0 spiro atoms. The van der Waals surface area contributed by atoms with Crippen molar-refractivity contribution >= 4 is 19.7 Å². The Labute approximate surface area is 97.8 Å². The third-order valence-corrected chi connectivity index (χ3v) is 8.40. The summed E-state index contributed by atoms with van der Waals surface area (Å²) in [5.74, 6) is 0. The van der Waals surface area contributed by atoms with Gasteiger partial charge in [0.25, 0.3) is 0 Å². The summed E-state index contributed by atoms with van der Waals surface area (Å²) in [6.07, 6.45) is 1.91. The lowest BCUT2D eigenvalue weighted by Crippen LogP contribution is -2.40. The predicted octanol–water partition coefficient (Wildman–Crippen LogP) is 3.97. The third-order valence-electron chi connectivity index (χ3n) is 3.03. The molecule has 0 atom stereocenters. The highest BCUT2D eigenvalue weighted by molar-refractivity contribution is 7.11. The van der Waals surface area contributed by atoms with Crippen molar-refractivity contribution < 1.29 is 4.43 Å². The summed E-state index contributed by atoms with van der Waals surface area (Å²) < 4.78 is 6.08. The van der Waals surface area contributed by atoms with Crippen molar-refractivity contribution in [1.82, 2.24) is 4.98 Å². The molecule has 4 heteroatoms. The first-order valence-corrected chi connectivity index (χ1v) is 9.00. The van der Waals surface area contributed by atoms with Crippen molar-refractivity contribution in [2.45, 2.75) is 52.4 Å². The van der Waals surface area contributed by atoms with E-state index in [1.807, 2.05) is 6.20 Å². The number of hydrogen-bond donors (Lipinski definition) is 0. The van der Waals surface area contributed by atoms with Gasteiger partial charge in [-0.1, -0.05) is 20.8 Å². The van der Waals surface area contributed by atoms with E-state index < -0.39 is 8.32 Å². The van der Waals surface area contributed by atoms with Gasteiger partial charge in [-0.2, -0.15) is 0 Å². The Hall–Kier alpha value is -0.193. The van der Waals surface area contributed by atoms with Crippen molar-refractivity contribution in [2.75, 3.05) is 0 Å². The van der Waals surface area contributed by atoms with Gasteiger partial charge in [-0.3, -0.25) is 0 Å². The molecule has 0 aromatic carbocycles. The van der Waals surface area contributed by atoms with E-state index in [2.05, 4.69) is 45.8 Å². The van der Waals surface area contributed by atoms with Crippen LogP contribution in [0.5, 0.6) is 0 Å². The number of thiazole rings is 1. The first-order valence-electron chi connectivity index (χ1n) is 5.28. The van der Waals surface area contributed by atoms with Gasteiger partial charge in [-0.15, -0.1) is 11.3 Å². The van der Waals surface area contributed by atoms with E-state index in [1.165, 1.54) is 4.88 Å². The van der Waals surface area contributed by atoms with Crippen molar-refractivity contribution in [3.63, 3.8) is 0 Å². The van der Waals surface area contributed by atoms with E-state index in [0.29, 0.717) is 6.61 Å². The second-order valence-corrected chi connectivity index (χ2v) is 11.5. The Morgan fingerprint density at radius 2 is 2.00 bits per heavy atom. The summed E-state index contributed by atoms with van der Waals surface area (Å²) in [7, 11) is -1.61. The molecule has 1 aromatic rings. The average Bonchev–Trinajstić information content (AvgIpc) is 2.46. The highest BCUT2D eigenvalue weighted by Crippen LogP contribution is 2.37. The number of hydrogen-bond acceptors (Lipinski definition) is 3. The standard InChI is InChI=1S/C11H21NOSSi/c1-9-7-12-10(14-9)8-13-15(5,6)11(2,3)4/h7H,8H2,1-6H3. The predicted molar refractivity (Wildman–Crippen MR) is 68.8 cm³/mol. The molecule has 0 aliphatic heterocycles. The zero-order chi connectivity index (χ0) is 11.7. The lowest BCUT2D eigenvalue weighted by atomic mass is 10.2. The molecule has 0 aliphatic rings. The normalized spacial score (nSPS) is 13.2. The van der Waals surface area contributed by atoms with E-state index >= 15 is 0 Å². The second kappa shape index (κ2) is 4.35. The summed E-state index contributed by atoms with van der Waals surface area (Å²) in [5, 5.41) is 1.37. The van der Waals surface area contributed by atoms with Crippen LogP contribution in [0.25, 0.3) is 0 Å². The summed E-state index contributed by atoms with van der Waals surface area (Å²) >= 11 is 1.73. The molecule has 0 fully saturated rings. The van der Waals surface area contributed by atoms with Crippen molar-refractivity contribution in [3.8, 4) is 0 Å². The van der Waals surface area contributed by atoms with Crippen molar-refractivity contribution in [3.05, 3.63) is 16.1 Å². The largest absolute Gasteiger partial charge is 0.410 e. The Kier molecular flexibility index (Phi) is 3.74. The summed E-state index contributed by atoms with van der Waals surface area (Å²) in [5.41, 5.74) is 0. The fraction of sp³-hybridized carbons (Fsp3) is 0.727. The van der Waals surface area contributed by atoms with Gasteiger partial charge in [0.2, 0.25) is 0 Å².